The molecule has 0 saturated heterocycles. The number of primary amides is 1. The number of nitrogens with zero attached hydrogens (tertiary/aromatic N) is 1. The van der Waals surface area contributed by atoms with Crippen molar-refractivity contribution < 1.29 is 9.59 Å². The summed E-state index contributed by atoms with van der Waals surface area (Å²) >= 11 is 5.80. The monoisotopic (exact) mass is 339 g/mol. The fourth-order valence-electron chi connectivity index (χ4n) is 1.97. The van der Waals surface area contributed by atoms with Crippen LogP contribution in [0.1, 0.15) is 27.5 Å². The van der Waals surface area contributed by atoms with Crippen molar-refractivity contribution >= 4 is 29.5 Å². The zero-order valence-electron chi connectivity index (χ0n) is 12.6. The fourth-order valence-corrected chi connectivity index (χ4v) is 2.09. The highest BCUT2D eigenvalue weighted by atomic mass is 35.5. The maximum atomic E-state index is 12.0. The van der Waals surface area contributed by atoms with Crippen molar-refractivity contribution in [3.05, 3.63) is 76.3 Å². The summed E-state index contributed by atoms with van der Waals surface area (Å²) in [5.41, 5.74) is 6.93. The highest BCUT2D eigenvalue weighted by molar-refractivity contribution is 6.30. The number of carbonyl (C=O) groups excluding carboxylic acids is 2. The van der Waals surface area contributed by atoms with Gasteiger partial charge in [0.25, 0.3) is 0 Å². The lowest BCUT2D eigenvalue weighted by Crippen LogP contribution is -2.25. The summed E-state index contributed by atoms with van der Waals surface area (Å²) in [6.07, 6.45) is 2.90. The number of nitriles is 1. The lowest BCUT2D eigenvalue weighted by molar-refractivity contribution is -0.116. The average Bonchev–Trinajstić information content (AvgIpc) is 2.59. The Bertz CT molecular complexity index is 806. The van der Waals surface area contributed by atoms with Crippen LogP contribution in [0.2, 0.25) is 5.02 Å². The van der Waals surface area contributed by atoms with Crippen LogP contribution in [0.3, 0.4) is 0 Å². The molecule has 0 aliphatic heterocycles. The molecular formula is C18H14ClN3O2. The van der Waals surface area contributed by atoms with Crippen LogP contribution in [0.25, 0.3) is 6.08 Å². The van der Waals surface area contributed by atoms with E-state index in [9.17, 15) is 14.9 Å². The van der Waals surface area contributed by atoms with Crippen LogP contribution in [0, 0.1) is 11.3 Å². The molecule has 1 atom stereocenters. The number of halogens is 1. The number of hydrogen-bond acceptors (Lipinski definition) is 3. The summed E-state index contributed by atoms with van der Waals surface area (Å²) in [6.45, 7) is 0. The van der Waals surface area contributed by atoms with Crippen molar-refractivity contribution in [1.82, 2.24) is 5.32 Å². The molecule has 2 aromatic rings. The highest BCUT2D eigenvalue weighted by Gasteiger charge is 2.11. The number of benzene rings is 2. The molecular weight excluding hydrogens is 326 g/mol. The molecule has 0 aliphatic carbocycles. The molecule has 2 rings (SSSR count). The van der Waals surface area contributed by atoms with Gasteiger partial charge in [-0.25, -0.2) is 0 Å². The van der Waals surface area contributed by atoms with Crippen molar-refractivity contribution in [1.29, 1.82) is 5.26 Å². The third-order valence-corrected chi connectivity index (χ3v) is 3.49. The van der Waals surface area contributed by atoms with E-state index < -0.39 is 17.9 Å². The quantitative estimate of drug-likeness (QED) is 0.820. The molecule has 6 heteroatoms. The first-order chi connectivity index (χ1) is 11.5. The van der Waals surface area contributed by atoms with Crippen molar-refractivity contribution in [3.8, 4) is 6.07 Å². The summed E-state index contributed by atoms with van der Waals surface area (Å²) < 4.78 is 0. The minimum atomic E-state index is -0.767. The molecule has 0 radical (unpaired) electrons. The standard InChI is InChI=1S/C18H14ClN3O2/c19-15-8-6-13(7-9-15)16(11-20)22-17(23)10-3-12-1-4-14(5-2-12)18(21)24/h1-10,16H,(H2,21,24)(H,22,23). The summed E-state index contributed by atoms with van der Waals surface area (Å²) in [4.78, 5) is 22.9. The lowest BCUT2D eigenvalue weighted by Gasteiger charge is -2.10. The minimum Gasteiger partial charge on any atom is -0.366 e. The van der Waals surface area contributed by atoms with Crippen molar-refractivity contribution in [2.45, 2.75) is 6.04 Å². The Hall–Kier alpha value is -3.10. The van der Waals surface area contributed by atoms with E-state index >= 15 is 0 Å². The van der Waals surface area contributed by atoms with Gasteiger partial charge in [0, 0.05) is 16.7 Å². The van der Waals surface area contributed by atoms with Gasteiger partial charge in [0.2, 0.25) is 11.8 Å². The van der Waals surface area contributed by atoms with Gasteiger partial charge in [0.1, 0.15) is 6.04 Å². The molecule has 5 nitrogen and oxygen atoms in total. The Morgan fingerprint density at radius 2 is 1.75 bits per heavy atom. The fraction of sp³-hybridized carbons (Fsp3) is 0.0556. The third-order valence-electron chi connectivity index (χ3n) is 3.24. The first-order valence-corrected chi connectivity index (χ1v) is 7.41. The summed E-state index contributed by atoms with van der Waals surface area (Å²) in [5.74, 6) is -0.918. The Labute approximate surface area is 144 Å². The Balaban J connectivity index is 2.02. The van der Waals surface area contributed by atoms with Crippen LogP contribution >= 0.6 is 11.6 Å². The minimum absolute atomic E-state index is 0.392. The summed E-state index contributed by atoms with van der Waals surface area (Å²) in [5, 5.41) is 12.4. The largest absolute Gasteiger partial charge is 0.366 e. The van der Waals surface area contributed by atoms with Gasteiger partial charge in [-0.15, -0.1) is 0 Å². The van der Waals surface area contributed by atoms with Crippen LogP contribution in [-0.4, -0.2) is 11.8 Å². The van der Waals surface area contributed by atoms with Gasteiger partial charge in [0.05, 0.1) is 6.07 Å². The van der Waals surface area contributed by atoms with E-state index in [1.807, 2.05) is 6.07 Å². The second kappa shape index (κ2) is 7.95. The number of nitrogens with two attached hydrogens (primary N) is 1. The molecule has 2 aromatic carbocycles. The van der Waals surface area contributed by atoms with Gasteiger partial charge in [0.15, 0.2) is 0 Å². The van der Waals surface area contributed by atoms with Crippen LogP contribution in [0.5, 0.6) is 0 Å². The lowest BCUT2D eigenvalue weighted by atomic mass is 10.1. The number of nitrogens with one attached hydrogen (secondary N) is 1. The molecule has 24 heavy (non-hydrogen) atoms. The first kappa shape index (κ1) is 17.3. The van der Waals surface area contributed by atoms with E-state index in [0.29, 0.717) is 16.1 Å². The molecule has 120 valence electrons. The SMILES string of the molecule is N#CC(NC(=O)C=Cc1ccc(C(N)=O)cc1)c1ccc(Cl)cc1. The molecule has 0 saturated carbocycles. The van der Waals surface area contributed by atoms with E-state index in [0.717, 1.165) is 5.56 Å². The second-order valence-electron chi connectivity index (χ2n) is 4.94. The first-order valence-electron chi connectivity index (χ1n) is 7.03. The van der Waals surface area contributed by atoms with Gasteiger partial charge in [-0.1, -0.05) is 35.9 Å². The number of rotatable bonds is 5. The normalized spacial score (nSPS) is 11.7. The Morgan fingerprint density at radius 1 is 1.12 bits per heavy atom. The Morgan fingerprint density at radius 3 is 2.29 bits per heavy atom. The van der Waals surface area contributed by atoms with Crippen LogP contribution < -0.4 is 11.1 Å². The molecule has 0 fully saturated rings. The van der Waals surface area contributed by atoms with Crippen LogP contribution in [-0.2, 0) is 4.79 Å². The number of amides is 2. The molecule has 0 aromatic heterocycles. The zero-order valence-corrected chi connectivity index (χ0v) is 13.3. The Kier molecular flexibility index (Phi) is 5.72. The predicted molar refractivity (Wildman–Crippen MR) is 91.9 cm³/mol. The van der Waals surface area contributed by atoms with Gasteiger partial charge in [-0.05, 0) is 41.5 Å². The maximum absolute atomic E-state index is 12.0. The van der Waals surface area contributed by atoms with Crippen LogP contribution in [0.15, 0.2) is 54.6 Å². The molecule has 0 spiro atoms. The average molecular weight is 340 g/mol. The predicted octanol–water partition coefficient (Wildman–Crippen LogP) is 2.83. The molecule has 3 N–H and O–H groups in total. The van der Waals surface area contributed by atoms with Gasteiger partial charge in [-0.2, -0.15) is 5.26 Å². The van der Waals surface area contributed by atoms with E-state index in [2.05, 4.69) is 5.32 Å². The topological polar surface area (TPSA) is 96.0 Å². The molecule has 1 unspecified atom stereocenters. The maximum Gasteiger partial charge on any atom is 0.248 e. The van der Waals surface area contributed by atoms with E-state index in [1.54, 1.807) is 54.6 Å². The van der Waals surface area contributed by atoms with E-state index in [4.69, 9.17) is 17.3 Å². The summed E-state index contributed by atoms with van der Waals surface area (Å²) in [6, 6.07) is 14.4. The van der Waals surface area contributed by atoms with Crippen molar-refractivity contribution in [2.24, 2.45) is 5.73 Å². The van der Waals surface area contributed by atoms with E-state index in [1.165, 1.54) is 6.08 Å². The molecule has 0 bridgehead atoms. The molecule has 0 heterocycles. The smallest absolute Gasteiger partial charge is 0.248 e. The van der Waals surface area contributed by atoms with Crippen molar-refractivity contribution in [3.63, 3.8) is 0 Å². The van der Waals surface area contributed by atoms with Gasteiger partial charge < -0.3 is 11.1 Å². The number of carbonyl (C=O) groups is 2. The molecule has 2 amide bonds. The third kappa shape index (κ3) is 4.70. The van der Waals surface area contributed by atoms with E-state index in [-0.39, 0.29) is 0 Å². The highest BCUT2D eigenvalue weighted by Crippen LogP contribution is 2.16. The van der Waals surface area contributed by atoms with Crippen molar-refractivity contribution in [2.75, 3.05) is 0 Å². The van der Waals surface area contributed by atoms with Crippen LogP contribution in [0.4, 0.5) is 0 Å². The summed E-state index contributed by atoms with van der Waals surface area (Å²) in [7, 11) is 0. The molecule has 0 aliphatic rings. The second-order valence-corrected chi connectivity index (χ2v) is 5.38. The van der Waals surface area contributed by atoms with Gasteiger partial charge >= 0.3 is 0 Å². The zero-order chi connectivity index (χ0) is 17.5. The number of hydrogen-bond donors (Lipinski definition) is 2. The van der Waals surface area contributed by atoms with Gasteiger partial charge in [-0.3, -0.25) is 9.59 Å².